The van der Waals surface area contributed by atoms with E-state index in [9.17, 15) is 0 Å². The van der Waals surface area contributed by atoms with Gasteiger partial charge >= 0.3 is 0 Å². The van der Waals surface area contributed by atoms with Crippen LogP contribution < -0.4 is 10.2 Å². The summed E-state index contributed by atoms with van der Waals surface area (Å²) < 4.78 is 0. The maximum absolute atomic E-state index is 6.07. The highest BCUT2D eigenvalue weighted by Crippen LogP contribution is 2.30. The lowest BCUT2D eigenvalue weighted by Crippen LogP contribution is -2.35. The molecule has 104 valence electrons. The van der Waals surface area contributed by atoms with Crippen LogP contribution in [0.5, 0.6) is 0 Å². The van der Waals surface area contributed by atoms with Crippen LogP contribution in [0.25, 0.3) is 10.9 Å². The molecule has 4 heteroatoms. The van der Waals surface area contributed by atoms with Crippen molar-refractivity contribution < 1.29 is 0 Å². The fourth-order valence-electron chi connectivity index (χ4n) is 3.54. The van der Waals surface area contributed by atoms with Gasteiger partial charge in [-0.05, 0) is 43.5 Å². The van der Waals surface area contributed by atoms with E-state index >= 15 is 0 Å². The third kappa shape index (κ3) is 2.15. The van der Waals surface area contributed by atoms with E-state index in [0.717, 1.165) is 23.6 Å². The summed E-state index contributed by atoms with van der Waals surface area (Å²) in [7, 11) is 0. The van der Waals surface area contributed by atoms with Crippen molar-refractivity contribution >= 4 is 28.2 Å². The number of anilines is 1. The molecular weight excluding hydrogens is 270 g/mol. The van der Waals surface area contributed by atoms with Crippen LogP contribution in [-0.4, -0.2) is 30.2 Å². The summed E-state index contributed by atoms with van der Waals surface area (Å²) in [6, 6.07) is 9.48. The van der Waals surface area contributed by atoms with Crippen LogP contribution in [0.4, 0.5) is 5.69 Å². The number of nitrogens with zero attached hydrogens (tertiary/aromatic N) is 2. The summed E-state index contributed by atoms with van der Waals surface area (Å²) in [6.07, 6.45) is 5.76. The molecule has 0 radical (unpaired) electrons. The molecular formula is C16H18ClN3. The molecule has 4 rings (SSSR count). The molecule has 3 nitrogen and oxygen atoms in total. The Kier molecular flexibility index (Phi) is 3.04. The minimum Gasteiger partial charge on any atom is -0.369 e. The second kappa shape index (κ2) is 4.90. The van der Waals surface area contributed by atoms with Gasteiger partial charge in [-0.1, -0.05) is 11.6 Å². The molecule has 2 atom stereocenters. The molecule has 2 bridgehead atoms. The molecule has 1 N–H and O–H groups in total. The van der Waals surface area contributed by atoms with Crippen molar-refractivity contribution in [3.05, 3.63) is 35.5 Å². The highest BCUT2D eigenvalue weighted by molar-refractivity contribution is 6.31. The van der Waals surface area contributed by atoms with Crippen LogP contribution in [0.3, 0.4) is 0 Å². The Balaban J connectivity index is 1.74. The lowest BCUT2D eigenvalue weighted by Gasteiger charge is -2.27. The molecule has 2 aliphatic rings. The summed E-state index contributed by atoms with van der Waals surface area (Å²) in [5, 5.41) is 5.68. The van der Waals surface area contributed by atoms with Gasteiger partial charge in [0.2, 0.25) is 0 Å². The first-order valence-electron chi connectivity index (χ1n) is 7.35. The lowest BCUT2D eigenvalue weighted by molar-refractivity contribution is 0.563. The van der Waals surface area contributed by atoms with Crippen LogP contribution in [0, 0.1) is 0 Å². The van der Waals surface area contributed by atoms with Gasteiger partial charge in [-0.15, -0.1) is 0 Å². The molecule has 20 heavy (non-hydrogen) atoms. The normalized spacial score (nSPS) is 25.9. The van der Waals surface area contributed by atoms with E-state index in [1.54, 1.807) is 0 Å². The zero-order chi connectivity index (χ0) is 13.5. The quantitative estimate of drug-likeness (QED) is 0.873. The average molecular weight is 288 g/mol. The molecule has 1 aromatic heterocycles. The van der Waals surface area contributed by atoms with E-state index < -0.39 is 0 Å². The predicted molar refractivity (Wildman–Crippen MR) is 83.5 cm³/mol. The highest BCUT2D eigenvalue weighted by Gasteiger charge is 2.29. The van der Waals surface area contributed by atoms with Gasteiger partial charge in [0, 0.05) is 47.5 Å². The summed E-state index contributed by atoms with van der Waals surface area (Å²) in [6.45, 7) is 2.22. The fraction of sp³-hybridized carbons (Fsp3) is 0.438. The molecule has 1 aromatic carbocycles. The zero-order valence-corrected chi connectivity index (χ0v) is 12.1. The Labute approximate surface area is 123 Å². The van der Waals surface area contributed by atoms with E-state index in [1.165, 1.54) is 30.3 Å². The zero-order valence-electron chi connectivity index (χ0n) is 11.3. The Hall–Kier alpha value is -1.32. The minimum atomic E-state index is 0.637. The predicted octanol–water partition coefficient (Wildman–Crippen LogP) is 3.22. The average Bonchev–Trinajstić information content (AvgIpc) is 2.77. The molecule has 2 aliphatic heterocycles. The summed E-state index contributed by atoms with van der Waals surface area (Å²) >= 11 is 6.07. The first-order valence-corrected chi connectivity index (χ1v) is 7.73. The van der Waals surface area contributed by atoms with Crippen LogP contribution in [0.15, 0.2) is 30.5 Å². The molecule has 0 unspecified atom stereocenters. The summed E-state index contributed by atoms with van der Waals surface area (Å²) in [4.78, 5) is 6.95. The number of rotatable bonds is 1. The SMILES string of the molecule is Clc1ccc2c(N3CC[C@H]4CC[C@@H](C3)N4)ccnc2c1. The number of nitrogens with one attached hydrogen (secondary N) is 1. The summed E-state index contributed by atoms with van der Waals surface area (Å²) in [5.74, 6) is 0. The molecule has 2 fully saturated rings. The number of halogens is 1. The topological polar surface area (TPSA) is 28.2 Å². The first kappa shape index (κ1) is 12.4. The van der Waals surface area contributed by atoms with Gasteiger partial charge in [0.1, 0.15) is 0 Å². The number of hydrogen-bond acceptors (Lipinski definition) is 3. The lowest BCUT2D eigenvalue weighted by atomic mass is 10.1. The molecule has 0 spiro atoms. The first-order chi connectivity index (χ1) is 9.79. The Morgan fingerprint density at radius 3 is 3.00 bits per heavy atom. The van der Waals surface area contributed by atoms with Crippen LogP contribution >= 0.6 is 11.6 Å². The van der Waals surface area contributed by atoms with Crippen molar-refractivity contribution in [3.8, 4) is 0 Å². The van der Waals surface area contributed by atoms with Gasteiger partial charge in [0.05, 0.1) is 5.52 Å². The van der Waals surface area contributed by atoms with E-state index in [1.807, 2.05) is 18.3 Å². The molecule has 0 saturated carbocycles. The Morgan fingerprint density at radius 1 is 1.15 bits per heavy atom. The van der Waals surface area contributed by atoms with Crippen molar-refractivity contribution in [1.29, 1.82) is 0 Å². The molecule has 3 heterocycles. The second-order valence-electron chi connectivity index (χ2n) is 5.86. The molecule has 0 aliphatic carbocycles. The molecule has 2 aromatic rings. The maximum atomic E-state index is 6.07. The van der Waals surface area contributed by atoms with Gasteiger partial charge in [-0.3, -0.25) is 4.98 Å². The van der Waals surface area contributed by atoms with Gasteiger partial charge in [0.15, 0.2) is 0 Å². The van der Waals surface area contributed by atoms with Crippen molar-refractivity contribution in [2.24, 2.45) is 0 Å². The maximum Gasteiger partial charge on any atom is 0.0737 e. The van der Waals surface area contributed by atoms with Gasteiger partial charge < -0.3 is 10.2 Å². The van der Waals surface area contributed by atoms with Crippen molar-refractivity contribution in [2.75, 3.05) is 18.0 Å². The van der Waals surface area contributed by atoms with Crippen molar-refractivity contribution in [2.45, 2.75) is 31.3 Å². The number of benzene rings is 1. The monoisotopic (exact) mass is 287 g/mol. The van der Waals surface area contributed by atoms with Crippen LogP contribution in [0.2, 0.25) is 5.02 Å². The number of aromatic nitrogens is 1. The van der Waals surface area contributed by atoms with Crippen molar-refractivity contribution in [1.82, 2.24) is 10.3 Å². The standard InChI is InChI=1S/C16H18ClN3/c17-11-1-4-14-15(9-11)18-7-5-16(14)20-8-6-12-2-3-13(10-20)19-12/h1,4-5,7,9,12-13,19H,2-3,6,8,10H2/t12-,13+/m1/s1. The Morgan fingerprint density at radius 2 is 2.05 bits per heavy atom. The van der Waals surface area contributed by atoms with Gasteiger partial charge in [-0.25, -0.2) is 0 Å². The van der Waals surface area contributed by atoms with Crippen LogP contribution in [-0.2, 0) is 0 Å². The smallest absolute Gasteiger partial charge is 0.0737 e. The van der Waals surface area contributed by atoms with Gasteiger partial charge in [-0.2, -0.15) is 0 Å². The largest absolute Gasteiger partial charge is 0.369 e. The van der Waals surface area contributed by atoms with E-state index in [2.05, 4.69) is 27.3 Å². The molecule has 0 amide bonds. The van der Waals surface area contributed by atoms with Crippen LogP contribution in [0.1, 0.15) is 19.3 Å². The van der Waals surface area contributed by atoms with E-state index in [0.29, 0.717) is 12.1 Å². The third-order valence-corrected chi connectivity index (χ3v) is 4.78. The number of fused-ring (bicyclic) bond motifs is 3. The summed E-state index contributed by atoms with van der Waals surface area (Å²) in [5.41, 5.74) is 2.28. The van der Waals surface area contributed by atoms with Gasteiger partial charge in [0.25, 0.3) is 0 Å². The third-order valence-electron chi connectivity index (χ3n) is 4.55. The number of hydrogen-bond donors (Lipinski definition) is 1. The second-order valence-corrected chi connectivity index (χ2v) is 6.30. The minimum absolute atomic E-state index is 0.637. The Bertz CT molecular complexity index is 643. The fourth-order valence-corrected chi connectivity index (χ4v) is 3.71. The van der Waals surface area contributed by atoms with E-state index in [-0.39, 0.29) is 0 Å². The molecule has 2 saturated heterocycles. The highest BCUT2D eigenvalue weighted by atomic mass is 35.5. The van der Waals surface area contributed by atoms with Crippen molar-refractivity contribution in [3.63, 3.8) is 0 Å². The van der Waals surface area contributed by atoms with E-state index in [4.69, 9.17) is 11.6 Å². The number of pyridine rings is 1.